The topological polar surface area (TPSA) is 53.7 Å². The van der Waals surface area contributed by atoms with Gasteiger partial charge in [0.15, 0.2) is 4.77 Å². The summed E-state index contributed by atoms with van der Waals surface area (Å²) in [4.78, 5) is 3.18. The van der Waals surface area contributed by atoms with Crippen molar-refractivity contribution in [2.75, 3.05) is 7.11 Å². The molecule has 1 aromatic heterocycles. The average Bonchev–Trinajstić information content (AvgIpc) is 2.82. The van der Waals surface area contributed by atoms with Gasteiger partial charge >= 0.3 is 0 Å². The summed E-state index contributed by atoms with van der Waals surface area (Å²) in [5, 5.41) is 8.98. The zero-order valence-corrected chi connectivity index (χ0v) is 12.3. The average molecular weight is 295 g/mol. The van der Waals surface area contributed by atoms with Gasteiger partial charge in [0.25, 0.3) is 0 Å². The van der Waals surface area contributed by atoms with E-state index in [1.54, 1.807) is 13.2 Å². The molecule has 0 saturated carbocycles. The number of imidazole rings is 1. The van der Waals surface area contributed by atoms with Crippen LogP contribution in [0.5, 0.6) is 5.75 Å². The van der Waals surface area contributed by atoms with Gasteiger partial charge in [-0.3, -0.25) is 0 Å². The minimum absolute atomic E-state index is 0.613. The number of fused-ring (bicyclic) bond motifs is 1. The predicted molar refractivity (Wildman–Crippen MR) is 83.9 cm³/mol. The number of rotatable bonds is 3. The number of nitriles is 1. The van der Waals surface area contributed by atoms with Crippen LogP contribution in [-0.2, 0) is 6.54 Å². The monoisotopic (exact) mass is 295 g/mol. The highest BCUT2D eigenvalue weighted by Crippen LogP contribution is 2.21. The highest BCUT2D eigenvalue weighted by molar-refractivity contribution is 7.71. The highest BCUT2D eigenvalue weighted by atomic mass is 32.1. The maximum Gasteiger partial charge on any atom is 0.178 e. The second kappa shape index (κ2) is 5.43. The van der Waals surface area contributed by atoms with Crippen LogP contribution in [0, 0.1) is 16.1 Å². The third-order valence-electron chi connectivity index (χ3n) is 3.38. The van der Waals surface area contributed by atoms with Crippen molar-refractivity contribution in [1.82, 2.24) is 9.55 Å². The van der Waals surface area contributed by atoms with Crippen molar-refractivity contribution in [3.05, 3.63) is 58.4 Å². The van der Waals surface area contributed by atoms with Crippen molar-refractivity contribution >= 4 is 23.3 Å². The lowest BCUT2D eigenvalue weighted by molar-refractivity contribution is 0.415. The molecule has 2 aromatic carbocycles. The number of hydrogen-bond acceptors (Lipinski definition) is 3. The first-order valence-electron chi connectivity index (χ1n) is 6.47. The maximum absolute atomic E-state index is 8.98. The number of benzene rings is 2. The van der Waals surface area contributed by atoms with E-state index < -0.39 is 0 Å². The van der Waals surface area contributed by atoms with Crippen LogP contribution in [-0.4, -0.2) is 16.7 Å². The smallest absolute Gasteiger partial charge is 0.178 e. The van der Waals surface area contributed by atoms with Crippen molar-refractivity contribution in [2.45, 2.75) is 6.54 Å². The van der Waals surface area contributed by atoms with Crippen LogP contribution in [0.4, 0.5) is 0 Å². The lowest BCUT2D eigenvalue weighted by Crippen LogP contribution is -2.00. The first-order chi connectivity index (χ1) is 10.2. The molecule has 0 radical (unpaired) electrons. The summed E-state index contributed by atoms with van der Waals surface area (Å²) in [6.07, 6.45) is 0. The van der Waals surface area contributed by atoms with Gasteiger partial charge in [0.05, 0.1) is 36.3 Å². The summed E-state index contributed by atoms with van der Waals surface area (Å²) in [5.41, 5.74) is 3.64. The van der Waals surface area contributed by atoms with Crippen LogP contribution in [0.3, 0.4) is 0 Å². The molecular formula is C16H13N3OS. The van der Waals surface area contributed by atoms with Gasteiger partial charge in [0.2, 0.25) is 0 Å². The van der Waals surface area contributed by atoms with E-state index in [1.807, 2.05) is 41.0 Å². The Labute approximate surface area is 127 Å². The summed E-state index contributed by atoms with van der Waals surface area (Å²) >= 11 is 5.39. The summed E-state index contributed by atoms with van der Waals surface area (Å²) in [6.45, 7) is 0.613. The molecule has 0 spiro atoms. The quantitative estimate of drug-likeness (QED) is 0.751. The Kier molecular flexibility index (Phi) is 3.46. The first kappa shape index (κ1) is 13.4. The number of hydrogen-bond donors (Lipinski definition) is 1. The van der Waals surface area contributed by atoms with Gasteiger partial charge in [-0.1, -0.05) is 12.1 Å². The fraction of sp³-hybridized carbons (Fsp3) is 0.125. The summed E-state index contributed by atoms with van der Waals surface area (Å²) in [7, 11) is 1.64. The molecule has 3 rings (SSSR count). The lowest BCUT2D eigenvalue weighted by atomic mass is 10.1. The van der Waals surface area contributed by atoms with E-state index in [1.165, 1.54) is 0 Å². The molecule has 0 aliphatic heterocycles. The van der Waals surface area contributed by atoms with E-state index in [4.69, 9.17) is 22.2 Å². The molecule has 5 heteroatoms. The summed E-state index contributed by atoms with van der Waals surface area (Å²) in [5.74, 6) is 0.788. The van der Waals surface area contributed by atoms with Gasteiger partial charge in [-0.2, -0.15) is 5.26 Å². The third kappa shape index (κ3) is 2.54. The molecule has 0 saturated heterocycles. The second-order valence-electron chi connectivity index (χ2n) is 4.71. The Hall–Kier alpha value is -2.58. The molecule has 3 aromatic rings. The molecule has 21 heavy (non-hydrogen) atoms. The molecule has 4 nitrogen and oxygen atoms in total. The van der Waals surface area contributed by atoms with Crippen LogP contribution in [0.25, 0.3) is 11.0 Å². The Balaban J connectivity index is 2.09. The van der Waals surface area contributed by atoms with Crippen LogP contribution in [0.2, 0.25) is 0 Å². The van der Waals surface area contributed by atoms with E-state index in [-0.39, 0.29) is 0 Å². The molecule has 0 aliphatic carbocycles. The maximum atomic E-state index is 8.98. The Morgan fingerprint density at radius 3 is 2.90 bits per heavy atom. The van der Waals surface area contributed by atoms with E-state index in [2.05, 4.69) is 11.1 Å². The lowest BCUT2D eigenvalue weighted by Gasteiger charge is -2.06. The molecule has 0 bridgehead atoms. The molecule has 0 fully saturated rings. The minimum Gasteiger partial charge on any atom is -0.497 e. The van der Waals surface area contributed by atoms with Crippen molar-refractivity contribution in [3.63, 3.8) is 0 Å². The van der Waals surface area contributed by atoms with E-state index in [9.17, 15) is 0 Å². The number of nitrogens with one attached hydrogen (secondary N) is 1. The number of aromatic amines is 1. The Morgan fingerprint density at radius 1 is 1.29 bits per heavy atom. The molecular weight excluding hydrogens is 282 g/mol. The fourth-order valence-corrected chi connectivity index (χ4v) is 2.61. The number of H-pyrrole nitrogens is 1. The van der Waals surface area contributed by atoms with Crippen molar-refractivity contribution in [3.8, 4) is 11.8 Å². The van der Waals surface area contributed by atoms with E-state index >= 15 is 0 Å². The third-order valence-corrected chi connectivity index (χ3v) is 3.70. The Morgan fingerprint density at radius 2 is 2.14 bits per heavy atom. The van der Waals surface area contributed by atoms with Gasteiger partial charge in [0.1, 0.15) is 5.75 Å². The number of methoxy groups -OCH3 is 1. The van der Waals surface area contributed by atoms with Crippen LogP contribution >= 0.6 is 12.2 Å². The molecule has 1 N–H and O–H groups in total. The molecule has 1 heterocycles. The standard InChI is InChI=1S/C16H13N3OS/c1-20-13-5-6-14-15(8-13)19(16(21)18-14)10-12-4-2-3-11(7-12)9-17/h2-8H,10H2,1H3,(H,18,21). The minimum atomic E-state index is 0.613. The molecule has 104 valence electrons. The van der Waals surface area contributed by atoms with E-state index in [0.717, 1.165) is 22.3 Å². The molecule has 0 atom stereocenters. The van der Waals surface area contributed by atoms with Crippen LogP contribution < -0.4 is 4.74 Å². The number of ether oxygens (including phenoxy) is 1. The van der Waals surface area contributed by atoms with Gasteiger partial charge < -0.3 is 14.3 Å². The van der Waals surface area contributed by atoms with Crippen LogP contribution in [0.15, 0.2) is 42.5 Å². The van der Waals surface area contributed by atoms with Gasteiger partial charge in [-0.15, -0.1) is 0 Å². The SMILES string of the molecule is COc1ccc2[nH]c(=S)n(Cc3cccc(C#N)c3)c2c1. The zero-order chi connectivity index (χ0) is 14.8. The van der Waals surface area contributed by atoms with Crippen molar-refractivity contribution in [1.29, 1.82) is 5.26 Å². The van der Waals surface area contributed by atoms with Gasteiger partial charge in [-0.25, -0.2) is 0 Å². The number of nitrogens with zero attached hydrogens (tertiary/aromatic N) is 2. The summed E-state index contributed by atoms with van der Waals surface area (Å²) < 4.78 is 7.93. The molecule has 0 unspecified atom stereocenters. The zero-order valence-electron chi connectivity index (χ0n) is 11.5. The number of aromatic nitrogens is 2. The molecule has 0 amide bonds. The van der Waals surface area contributed by atoms with Crippen molar-refractivity contribution in [2.24, 2.45) is 0 Å². The summed E-state index contributed by atoms with van der Waals surface area (Å²) in [6, 6.07) is 15.5. The van der Waals surface area contributed by atoms with E-state index in [0.29, 0.717) is 16.9 Å². The van der Waals surface area contributed by atoms with Crippen LogP contribution in [0.1, 0.15) is 11.1 Å². The predicted octanol–water partition coefficient (Wildman–Crippen LogP) is 3.63. The highest BCUT2D eigenvalue weighted by Gasteiger charge is 2.07. The first-order valence-corrected chi connectivity index (χ1v) is 6.87. The van der Waals surface area contributed by atoms with Crippen molar-refractivity contribution < 1.29 is 4.74 Å². The normalized spacial score (nSPS) is 10.5. The van der Waals surface area contributed by atoms with Gasteiger partial charge in [0, 0.05) is 6.07 Å². The molecule has 0 aliphatic rings. The Bertz CT molecular complexity index is 902. The largest absolute Gasteiger partial charge is 0.497 e. The second-order valence-corrected chi connectivity index (χ2v) is 5.10. The van der Waals surface area contributed by atoms with Gasteiger partial charge in [-0.05, 0) is 42.0 Å². The fourth-order valence-electron chi connectivity index (χ4n) is 2.34.